The topological polar surface area (TPSA) is 41.1 Å². The Morgan fingerprint density at radius 2 is 1.95 bits per heavy atom. The molecule has 1 fully saturated rings. The first-order chi connectivity index (χ1) is 10.0. The standard InChI is InChI=1S/C18H28N2O/c1-12(2)14-8-5-6-10-17(14)20-16-11-7-9-15(13(16)3)18(21)19-4/h7,9,11-12,14,17,20H,5-6,8,10H2,1-4H3,(H,19,21). The van der Waals surface area contributed by atoms with Crippen LogP contribution in [0, 0.1) is 18.8 Å². The van der Waals surface area contributed by atoms with Crippen LogP contribution in [0.1, 0.15) is 55.5 Å². The van der Waals surface area contributed by atoms with Crippen molar-refractivity contribution in [3.63, 3.8) is 0 Å². The number of amides is 1. The van der Waals surface area contributed by atoms with Crippen LogP contribution in [0.4, 0.5) is 5.69 Å². The van der Waals surface area contributed by atoms with Crippen LogP contribution in [0.2, 0.25) is 0 Å². The van der Waals surface area contributed by atoms with E-state index in [2.05, 4.69) is 30.5 Å². The number of carbonyl (C=O) groups is 1. The minimum atomic E-state index is -0.0137. The normalized spacial score (nSPS) is 22.1. The van der Waals surface area contributed by atoms with Crippen LogP contribution < -0.4 is 10.6 Å². The summed E-state index contributed by atoms with van der Waals surface area (Å²) >= 11 is 0. The molecular weight excluding hydrogens is 260 g/mol. The predicted octanol–water partition coefficient (Wildman–Crippen LogP) is 3.98. The van der Waals surface area contributed by atoms with Gasteiger partial charge in [-0.15, -0.1) is 0 Å². The highest BCUT2D eigenvalue weighted by Gasteiger charge is 2.27. The smallest absolute Gasteiger partial charge is 0.251 e. The van der Waals surface area contributed by atoms with Crippen LogP contribution in [-0.4, -0.2) is 19.0 Å². The number of anilines is 1. The quantitative estimate of drug-likeness (QED) is 0.880. The molecule has 0 heterocycles. The first-order valence-corrected chi connectivity index (χ1v) is 8.12. The third-order valence-corrected chi connectivity index (χ3v) is 4.82. The van der Waals surface area contributed by atoms with Gasteiger partial charge in [0, 0.05) is 24.3 Å². The molecule has 0 aromatic heterocycles. The number of carbonyl (C=O) groups excluding carboxylic acids is 1. The average molecular weight is 288 g/mol. The molecule has 2 N–H and O–H groups in total. The Labute approximate surface area is 128 Å². The molecule has 21 heavy (non-hydrogen) atoms. The highest BCUT2D eigenvalue weighted by Crippen LogP contribution is 2.33. The summed E-state index contributed by atoms with van der Waals surface area (Å²) in [5, 5.41) is 6.43. The summed E-state index contributed by atoms with van der Waals surface area (Å²) in [7, 11) is 1.68. The molecule has 2 unspecified atom stereocenters. The summed E-state index contributed by atoms with van der Waals surface area (Å²) in [6.07, 6.45) is 5.18. The van der Waals surface area contributed by atoms with Crippen molar-refractivity contribution < 1.29 is 4.79 Å². The van der Waals surface area contributed by atoms with Gasteiger partial charge in [-0.05, 0) is 49.3 Å². The van der Waals surface area contributed by atoms with Crippen molar-refractivity contribution in [3.8, 4) is 0 Å². The van der Waals surface area contributed by atoms with E-state index in [1.165, 1.54) is 25.7 Å². The summed E-state index contributed by atoms with van der Waals surface area (Å²) in [4.78, 5) is 11.9. The van der Waals surface area contributed by atoms with Crippen molar-refractivity contribution in [2.45, 2.75) is 52.5 Å². The molecule has 1 aliphatic carbocycles. The van der Waals surface area contributed by atoms with Gasteiger partial charge in [0.15, 0.2) is 0 Å². The fraction of sp³-hybridized carbons (Fsp3) is 0.611. The minimum Gasteiger partial charge on any atom is -0.382 e. The molecule has 1 aromatic carbocycles. The highest BCUT2D eigenvalue weighted by atomic mass is 16.1. The van der Waals surface area contributed by atoms with Gasteiger partial charge in [-0.2, -0.15) is 0 Å². The Morgan fingerprint density at radius 1 is 1.24 bits per heavy atom. The SMILES string of the molecule is CNC(=O)c1cccc(NC2CCCCC2C(C)C)c1C. The minimum absolute atomic E-state index is 0.0137. The number of benzene rings is 1. The van der Waals surface area contributed by atoms with Crippen molar-refractivity contribution >= 4 is 11.6 Å². The molecule has 1 aliphatic rings. The zero-order valence-corrected chi connectivity index (χ0v) is 13.7. The van der Waals surface area contributed by atoms with Crippen molar-refractivity contribution in [1.29, 1.82) is 0 Å². The Bertz CT molecular complexity index is 496. The number of hydrogen-bond donors (Lipinski definition) is 2. The third kappa shape index (κ3) is 3.58. The molecule has 0 spiro atoms. The molecule has 1 aromatic rings. The van der Waals surface area contributed by atoms with E-state index < -0.39 is 0 Å². The van der Waals surface area contributed by atoms with Gasteiger partial charge in [0.25, 0.3) is 5.91 Å². The van der Waals surface area contributed by atoms with Crippen LogP contribution in [0.5, 0.6) is 0 Å². The van der Waals surface area contributed by atoms with E-state index in [4.69, 9.17) is 0 Å². The van der Waals surface area contributed by atoms with E-state index in [0.29, 0.717) is 12.0 Å². The molecule has 0 saturated heterocycles. The molecule has 0 bridgehead atoms. The van der Waals surface area contributed by atoms with E-state index >= 15 is 0 Å². The van der Waals surface area contributed by atoms with Crippen LogP contribution in [0.25, 0.3) is 0 Å². The largest absolute Gasteiger partial charge is 0.382 e. The molecule has 2 rings (SSSR count). The fourth-order valence-electron chi connectivity index (χ4n) is 3.51. The maximum atomic E-state index is 11.9. The van der Waals surface area contributed by atoms with Crippen LogP contribution >= 0.6 is 0 Å². The van der Waals surface area contributed by atoms with Gasteiger partial charge in [0.2, 0.25) is 0 Å². The van der Waals surface area contributed by atoms with E-state index in [1.54, 1.807) is 7.05 Å². The van der Waals surface area contributed by atoms with Crippen LogP contribution in [-0.2, 0) is 0 Å². The lowest BCUT2D eigenvalue weighted by Crippen LogP contribution is -2.35. The van der Waals surface area contributed by atoms with Crippen molar-refractivity contribution in [2.75, 3.05) is 12.4 Å². The number of nitrogens with one attached hydrogen (secondary N) is 2. The van der Waals surface area contributed by atoms with Gasteiger partial charge in [-0.3, -0.25) is 4.79 Å². The highest BCUT2D eigenvalue weighted by molar-refractivity contribution is 5.96. The van der Waals surface area contributed by atoms with E-state index in [9.17, 15) is 4.79 Å². The van der Waals surface area contributed by atoms with Crippen molar-refractivity contribution in [2.24, 2.45) is 11.8 Å². The van der Waals surface area contributed by atoms with Crippen LogP contribution in [0.3, 0.4) is 0 Å². The molecule has 2 atom stereocenters. The molecule has 116 valence electrons. The fourth-order valence-corrected chi connectivity index (χ4v) is 3.51. The van der Waals surface area contributed by atoms with Crippen LogP contribution in [0.15, 0.2) is 18.2 Å². The van der Waals surface area contributed by atoms with Crippen molar-refractivity contribution in [1.82, 2.24) is 5.32 Å². The molecule has 1 amide bonds. The summed E-state index contributed by atoms with van der Waals surface area (Å²) < 4.78 is 0. The molecule has 3 heteroatoms. The molecule has 1 saturated carbocycles. The van der Waals surface area contributed by atoms with Gasteiger partial charge in [-0.1, -0.05) is 32.8 Å². The molecular formula is C18H28N2O. The van der Waals surface area contributed by atoms with Gasteiger partial charge in [0.05, 0.1) is 0 Å². The van der Waals surface area contributed by atoms with E-state index in [0.717, 1.165) is 22.7 Å². The Balaban J connectivity index is 2.20. The Kier molecular flexibility index (Phi) is 5.27. The zero-order chi connectivity index (χ0) is 15.4. The first kappa shape index (κ1) is 15.9. The lowest BCUT2D eigenvalue weighted by atomic mass is 9.77. The first-order valence-electron chi connectivity index (χ1n) is 8.12. The second kappa shape index (κ2) is 6.97. The van der Waals surface area contributed by atoms with E-state index in [1.807, 2.05) is 19.1 Å². The molecule has 0 aliphatic heterocycles. The summed E-state index contributed by atoms with van der Waals surface area (Å²) in [5.41, 5.74) is 2.91. The second-order valence-electron chi connectivity index (χ2n) is 6.50. The van der Waals surface area contributed by atoms with Crippen molar-refractivity contribution in [3.05, 3.63) is 29.3 Å². The average Bonchev–Trinajstić information content (AvgIpc) is 2.49. The maximum Gasteiger partial charge on any atom is 0.251 e. The second-order valence-corrected chi connectivity index (χ2v) is 6.50. The van der Waals surface area contributed by atoms with Gasteiger partial charge in [-0.25, -0.2) is 0 Å². The Hall–Kier alpha value is -1.51. The Morgan fingerprint density at radius 3 is 2.62 bits per heavy atom. The number of rotatable bonds is 4. The monoisotopic (exact) mass is 288 g/mol. The molecule has 3 nitrogen and oxygen atoms in total. The van der Waals surface area contributed by atoms with Gasteiger partial charge < -0.3 is 10.6 Å². The maximum absolute atomic E-state index is 11.9. The summed E-state index contributed by atoms with van der Waals surface area (Å²) in [6, 6.07) is 6.47. The lowest BCUT2D eigenvalue weighted by molar-refractivity contribution is 0.0962. The van der Waals surface area contributed by atoms with E-state index in [-0.39, 0.29) is 5.91 Å². The summed E-state index contributed by atoms with van der Waals surface area (Å²) in [5.74, 6) is 1.41. The third-order valence-electron chi connectivity index (χ3n) is 4.82. The molecule has 0 radical (unpaired) electrons. The predicted molar refractivity (Wildman–Crippen MR) is 88.8 cm³/mol. The zero-order valence-electron chi connectivity index (χ0n) is 13.7. The van der Waals surface area contributed by atoms with Gasteiger partial charge in [0.1, 0.15) is 0 Å². The summed E-state index contributed by atoms with van der Waals surface area (Å²) in [6.45, 7) is 6.66. The lowest BCUT2D eigenvalue weighted by Gasteiger charge is -2.36. The van der Waals surface area contributed by atoms with Gasteiger partial charge >= 0.3 is 0 Å². The number of hydrogen-bond acceptors (Lipinski definition) is 2.